The third-order valence-electron chi connectivity index (χ3n) is 3.52. The summed E-state index contributed by atoms with van der Waals surface area (Å²) in [7, 11) is 3.35. The molecule has 106 valence electrons. The summed E-state index contributed by atoms with van der Waals surface area (Å²) in [6.45, 7) is 4.08. The van der Waals surface area contributed by atoms with Gasteiger partial charge in [0.05, 0.1) is 20.3 Å². The molecule has 0 bridgehead atoms. The lowest BCUT2D eigenvalue weighted by molar-refractivity contribution is 0.408. The maximum atomic E-state index is 6.36. The van der Waals surface area contributed by atoms with Crippen LogP contribution in [0.1, 0.15) is 28.3 Å². The molecule has 3 heteroatoms. The zero-order chi connectivity index (χ0) is 14.7. The Kier molecular flexibility index (Phi) is 4.30. The van der Waals surface area contributed by atoms with Gasteiger partial charge in [0.2, 0.25) is 0 Å². The minimum Gasteiger partial charge on any atom is -0.497 e. The van der Waals surface area contributed by atoms with Crippen molar-refractivity contribution >= 4 is 0 Å². The zero-order valence-corrected chi connectivity index (χ0v) is 12.4. The average molecular weight is 271 g/mol. The van der Waals surface area contributed by atoms with Gasteiger partial charge in [-0.1, -0.05) is 24.3 Å². The van der Waals surface area contributed by atoms with E-state index in [4.69, 9.17) is 15.2 Å². The topological polar surface area (TPSA) is 44.5 Å². The maximum absolute atomic E-state index is 6.36. The number of nitrogens with two attached hydrogens (primary N) is 1. The molecule has 0 fully saturated rings. The van der Waals surface area contributed by atoms with E-state index in [1.54, 1.807) is 14.2 Å². The Hall–Kier alpha value is -2.00. The fraction of sp³-hybridized carbons (Fsp3) is 0.294. The van der Waals surface area contributed by atoms with Gasteiger partial charge in [-0.25, -0.2) is 0 Å². The summed E-state index contributed by atoms with van der Waals surface area (Å²) in [4.78, 5) is 0. The summed E-state index contributed by atoms with van der Waals surface area (Å²) in [5.41, 5.74) is 10.7. The molecule has 3 nitrogen and oxygen atoms in total. The second kappa shape index (κ2) is 5.97. The Balaban J connectivity index is 2.34. The van der Waals surface area contributed by atoms with Crippen molar-refractivity contribution in [3.63, 3.8) is 0 Å². The molecule has 0 radical (unpaired) electrons. The highest BCUT2D eigenvalue weighted by Gasteiger charge is 2.13. The Morgan fingerprint density at radius 2 is 1.40 bits per heavy atom. The average Bonchev–Trinajstić information content (AvgIpc) is 2.46. The molecule has 0 aliphatic carbocycles. The molecule has 0 aliphatic rings. The van der Waals surface area contributed by atoms with E-state index in [1.807, 2.05) is 38.1 Å². The van der Waals surface area contributed by atoms with E-state index in [0.717, 1.165) is 33.8 Å². The van der Waals surface area contributed by atoms with Crippen molar-refractivity contribution in [3.8, 4) is 11.5 Å². The van der Waals surface area contributed by atoms with Gasteiger partial charge in [0, 0.05) is 0 Å². The Labute approximate surface area is 120 Å². The van der Waals surface area contributed by atoms with Crippen LogP contribution in [0.25, 0.3) is 0 Å². The SMILES string of the molecule is COc1ccc(C(N)c2cc(C)c(OC)c(C)c2)cc1. The molecule has 0 amide bonds. The first-order chi connectivity index (χ1) is 9.56. The number of hydrogen-bond donors (Lipinski definition) is 1. The van der Waals surface area contributed by atoms with Crippen molar-refractivity contribution < 1.29 is 9.47 Å². The highest BCUT2D eigenvalue weighted by atomic mass is 16.5. The summed E-state index contributed by atoms with van der Waals surface area (Å²) in [5.74, 6) is 1.76. The predicted octanol–water partition coefficient (Wildman–Crippen LogP) is 3.37. The number of rotatable bonds is 4. The van der Waals surface area contributed by atoms with Crippen molar-refractivity contribution in [1.29, 1.82) is 0 Å². The Morgan fingerprint density at radius 3 is 1.85 bits per heavy atom. The Morgan fingerprint density at radius 1 is 0.850 bits per heavy atom. The van der Waals surface area contributed by atoms with Crippen LogP contribution in [0.3, 0.4) is 0 Å². The molecule has 0 spiro atoms. The number of benzene rings is 2. The van der Waals surface area contributed by atoms with Gasteiger partial charge in [-0.15, -0.1) is 0 Å². The molecule has 1 unspecified atom stereocenters. The van der Waals surface area contributed by atoms with Crippen LogP contribution in [-0.4, -0.2) is 14.2 Å². The van der Waals surface area contributed by atoms with Crippen LogP contribution in [0.15, 0.2) is 36.4 Å². The molecular formula is C17H21NO2. The van der Waals surface area contributed by atoms with Crippen LogP contribution in [0.2, 0.25) is 0 Å². The summed E-state index contributed by atoms with van der Waals surface area (Å²) >= 11 is 0. The van der Waals surface area contributed by atoms with E-state index in [9.17, 15) is 0 Å². The first-order valence-electron chi connectivity index (χ1n) is 6.61. The summed E-state index contributed by atoms with van der Waals surface area (Å²) in [5, 5.41) is 0. The van der Waals surface area contributed by atoms with Crippen molar-refractivity contribution in [2.24, 2.45) is 5.73 Å². The summed E-state index contributed by atoms with van der Waals surface area (Å²) < 4.78 is 10.6. The second-order valence-corrected chi connectivity index (χ2v) is 4.94. The fourth-order valence-electron chi connectivity index (χ4n) is 2.49. The van der Waals surface area contributed by atoms with Gasteiger partial charge in [0.15, 0.2) is 0 Å². The molecule has 1 atom stereocenters. The van der Waals surface area contributed by atoms with Crippen molar-refractivity contribution in [1.82, 2.24) is 0 Å². The molecule has 2 aromatic rings. The highest BCUT2D eigenvalue weighted by Crippen LogP contribution is 2.29. The van der Waals surface area contributed by atoms with Gasteiger partial charge < -0.3 is 15.2 Å². The smallest absolute Gasteiger partial charge is 0.124 e. The van der Waals surface area contributed by atoms with Crippen LogP contribution in [0, 0.1) is 13.8 Å². The van der Waals surface area contributed by atoms with Crippen LogP contribution in [0.4, 0.5) is 0 Å². The molecule has 0 saturated heterocycles. The van der Waals surface area contributed by atoms with Gasteiger partial charge in [-0.3, -0.25) is 0 Å². The van der Waals surface area contributed by atoms with E-state index in [-0.39, 0.29) is 6.04 Å². The van der Waals surface area contributed by atoms with Crippen LogP contribution in [-0.2, 0) is 0 Å². The number of methoxy groups -OCH3 is 2. The van der Waals surface area contributed by atoms with E-state index < -0.39 is 0 Å². The molecule has 2 rings (SSSR count). The van der Waals surface area contributed by atoms with Crippen molar-refractivity contribution in [2.45, 2.75) is 19.9 Å². The number of hydrogen-bond acceptors (Lipinski definition) is 3. The largest absolute Gasteiger partial charge is 0.497 e. The molecule has 0 heterocycles. The molecule has 2 aromatic carbocycles. The first kappa shape index (κ1) is 14.4. The van der Waals surface area contributed by atoms with Crippen molar-refractivity contribution in [2.75, 3.05) is 14.2 Å². The standard InChI is InChI=1S/C17H21NO2/c1-11-9-14(10-12(2)17(11)20-4)16(18)13-5-7-15(19-3)8-6-13/h5-10,16H,18H2,1-4H3. The quantitative estimate of drug-likeness (QED) is 0.927. The van der Waals surface area contributed by atoms with E-state index in [0.29, 0.717) is 0 Å². The van der Waals surface area contributed by atoms with Crippen LogP contribution < -0.4 is 15.2 Å². The van der Waals surface area contributed by atoms with E-state index in [2.05, 4.69) is 12.1 Å². The fourth-order valence-corrected chi connectivity index (χ4v) is 2.49. The maximum Gasteiger partial charge on any atom is 0.124 e. The molecule has 2 N–H and O–H groups in total. The van der Waals surface area contributed by atoms with Crippen LogP contribution >= 0.6 is 0 Å². The third kappa shape index (κ3) is 2.78. The normalized spacial score (nSPS) is 12.1. The lowest BCUT2D eigenvalue weighted by Gasteiger charge is -2.17. The number of aryl methyl sites for hydroxylation is 2. The van der Waals surface area contributed by atoms with E-state index in [1.165, 1.54) is 0 Å². The lowest BCUT2D eigenvalue weighted by Crippen LogP contribution is -2.12. The molecular weight excluding hydrogens is 250 g/mol. The molecule has 20 heavy (non-hydrogen) atoms. The number of ether oxygens (including phenoxy) is 2. The highest BCUT2D eigenvalue weighted by molar-refractivity contribution is 5.46. The zero-order valence-electron chi connectivity index (χ0n) is 12.4. The van der Waals surface area contributed by atoms with E-state index >= 15 is 0 Å². The summed E-state index contributed by atoms with van der Waals surface area (Å²) in [6, 6.07) is 11.9. The van der Waals surface area contributed by atoms with Crippen LogP contribution in [0.5, 0.6) is 11.5 Å². The first-order valence-corrected chi connectivity index (χ1v) is 6.61. The monoisotopic (exact) mass is 271 g/mol. The molecule has 0 saturated carbocycles. The third-order valence-corrected chi connectivity index (χ3v) is 3.52. The van der Waals surface area contributed by atoms with Gasteiger partial charge in [0.25, 0.3) is 0 Å². The minimum absolute atomic E-state index is 0.149. The summed E-state index contributed by atoms with van der Waals surface area (Å²) in [6.07, 6.45) is 0. The minimum atomic E-state index is -0.149. The van der Waals surface area contributed by atoms with Gasteiger partial charge >= 0.3 is 0 Å². The van der Waals surface area contributed by atoms with Gasteiger partial charge in [0.1, 0.15) is 11.5 Å². The Bertz CT molecular complexity index is 567. The predicted molar refractivity (Wildman–Crippen MR) is 81.5 cm³/mol. The van der Waals surface area contributed by atoms with Gasteiger partial charge in [-0.05, 0) is 48.2 Å². The second-order valence-electron chi connectivity index (χ2n) is 4.94. The van der Waals surface area contributed by atoms with Crippen molar-refractivity contribution in [3.05, 3.63) is 58.7 Å². The molecule has 0 aliphatic heterocycles. The lowest BCUT2D eigenvalue weighted by atomic mass is 9.95. The molecule has 0 aromatic heterocycles. The van der Waals surface area contributed by atoms with Gasteiger partial charge in [-0.2, -0.15) is 0 Å².